The topological polar surface area (TPSA) is 99.4 Å². The van der Waals surface area contributed by atoms with E-state index in [1.165, 1.54) is 18.4 Å². The normalized spacial score (nSPS) is 47.1. The Bertz CT molecular complexity index is 369. The predicted molar refractivity (Wildman–Crippen MR) is 56.9 cm³/mol. The molecule has 0 spiro atoms. The molecule has 0 bridgehead atoms. The minimum Gasteiger partial charge on any atom is -0.497 e. The van der Waals surface area contributed by atoms with E-state index >= 15 is 0 Å². The minimum atomic E-state index is -1.94. The lowest BCUT2D eigenvalue weighted by Crippen LogP contribution is -2.58. The van der Waals surface area contributed by atoms with Gasteiger partial charge in [0, 0.05) is 0 Å². The smallest absolute Gasteiger partial charge is 0.113 e. The maximum Gasteiger partial charge on any atom is 0.113 e. The van der Waals surface area contributed by atoms with Crippen LogP contribution in [-0.2, 0) is 9.47 Å². The molecular formula is C11H16O6. The Labute approximate surface area is 99.8 Å². The first kappa shape index (κ1) is 11.2. The van der Waals surface area contributed by atoms with Crippen LogP contribution in [0.4, 0.5) is 0 Å². The molecule has 0 radical (unpaired) electrons. The van der Waals surface area contributed by atoms with Gasteiger partial charge >= 0.3 is 0 Å². The Morgan fingerprint density at radius 2 is 2.06 bits per heavy atom. The van der Waals surface area contributed by atoms with E-state index in [0.717, 1.165) is 0 Å². The molecule has 0 aromatic carbocycles. The lowest BCUT2D eigenvalue weighted by Gasteiger charge is -2.40. The molecule has 6 heteroatoms. The average Bonchev–Trinajstić information content (AvgIpc) is 2.41. The summed E-state index contributed by atoms with van der Waals surface area (Å²) in [6.07, 6.45) is -3.35. The minimum absolute atomic E-state index is 0.227. The summed E-state index contributed by atoms with van der Waals surface area (Å²) in [7, 11) is 0. The molecule has 0 aromatic rings. The largest absolute Gasteiger partial charge is 0.497 e. The van der Waals surface area contributed by atoms with Gasteiger partial charge in [-0.25, -0.2) is 0 Å². The van der Waals surface area contributed by atoms with Crippen LogP contribution in [0.1, 0.15) is 1.37 Å². The van der Waals surface area contributed by atoms with Crippen molar-refractivity contribution < 1.29 is 31.3 Å². The van der Waals surface area contributed by atoms with E-state index in [1.807, 2.05) is 0 Å². The molecule has 1 fully saturated rings. The monoisotopic (exact) mass is 245 g/mol. The fourth-order valence-electron chi connectivity index (χ4n) is 1.81. The highest BCUT2D eigenvalue weighted by molar-refractivity contribution is 5.27. The van der Waals surface area contributed by atoms with E-state index in [-0.39, 0.29) is 6.61 Å². The zero-order chi connectivity index (χ0) is 13.3. The summed E-state index contributed by atoms with van der Waals surface area (Å²) < 4.78 is 18.3. The lowest BCUT2D eigenvalue weighted by atomic mass is 9.91. The first-order valence-corrected chi connectivity index (χ1v) is 5.32. The van der Waals surface area contributed by atoms with Crippen molar-refractivity contribution in [3.8, 4) is 0 Å². The average molecular weight is 245 g/mol. The Balaban J connectivity index is 2.30. The van der Waals surface area contributed by atoms with Crippen molar-refractivity contribution in [2.75, 3.05) is 13.2 Å². The Hall–Kier alpha value is -0.920. The summed E-state index contributed by atoms with van der Waals surface area (Å²) in [6.45, 7) is -0.329. The molecule has 0 aromatic heterocycles. The van der Waals surface area contributed by atoms with Gasteiger partial charge in [-0.05, 0) is 17.7 Å². The standard InChI is InChI=1S/C11H16O6/c12-5-7-8(13)9(14)10(15)11(17-7)6-1-3-16-4-2-6/h1-3,7-15H,4-5H2/t7-,8-,9+,10-,11+/m1/s1/i11D. The van der Waals surface area contributed by atoms with Gasteiger partial charge < -0.3 is 29.9 Å². The Morgan fingerprint density at radius 3 is 2.65 bits per heavy atom. The number of hydrogen-bond donors (Lipinski definition) is 4. The lowest BCUT2D eigenvalue weighted by molar-refractivity contribution is -0.218. The second-order valence-electron chi connectivity index (χ2n) is 3.92. The molecule has 2 heterocycles. The van der Waals surface area contributed by atoms with Gasteiger partial charge in [-0.2, -0.15) is 0 Å². The van der Waals surface area contributed by atoms with Crippen molar-refractivity contribution in [1.82, 2.24) is 0 Å². The van der Waals surface area contributed by atoms with Crippen LogP contribution < -0.4 is 0 Å². The van der Waals surface area contributed by atoms with Crippen molar-refractivity contribution in [2.45, 2.75) is 30.5 Å². The number of aliphatic hydroxyl groups excluding tert-OH is 4. The number of aliphatic hydroxyl groups is 4. The third-order valence-electron chi connectivity index (χ3n) is 2.81. The fraction of sp³-hybridized carbons (Fsp3) is 0.636. The first-order chi connectivity index (χ1) is 8.50. The van der Waals surface area contributed by atoms with Gasteiger partial charge in [0.1, 0.15) is 37.1 Å². The summed E-state index contributed by atoms with van der Waals surface area (Å²) in [6, 6.07) is 0. The molecule has 17 heavy (non-hydrogen) atoms. The van der Waals surface area contributed by atoms with Crippen LogP contribution in [0.3, 0.4) is 0 Å². The van der Waals surface area contributed by atoms with E-state index in [2.05, 4.69) is 0 Å². The van der Waals surface area contributed by atoms with Gasteiger partial charge in [-0.15, -0.1) is 0 Å². The van der Waals surface area contributed by atoms with Crippen molar-refractivity contribution >= 4 is 0 Å². The molecule has 2 aliphatic rings. The highest BCUT2D eigenvalue weighted by Gasteiger charge is 2.44. The van der Waals surface area contributed by atoms with Crippen LogP contribution in [0.2, 0.25) is 0 Å². The maximum absolute atomic E-state index is 9.91. The summed E-state index contributed by atoms with van der Waals surface area (Å²) in [5.74, 6) is 0. The molecule has 1 saturated heterocycles. The van der Waals surface area contributed by atoms with E-state index in [4.69, 9.17) is 16.0 Å². The van der Waals surface area contributed by atoms with E-state index in [9.17, 15) is 15.3 Å². The fourth-order valence-corrected chi connectivity index (χ4v) is 1.81. The van der Waals surface area contributed by atoms with Crippen LogP contribution in [0.15, 0.2) is 24.0 Å². The molecule has 4 N–H and O–H groups in total. The molecule has 0 unspecified atom stereocenters. The van der Waals surface area contributed by atoms with Crippen LogP contribution in [0.5, 0.6) is 0 Å². The van der Waals surface area contributed by atoms with Crippen molar-refractivity contribution in [2.24, 2.45) is 0 Å². The number of rotatable bonds is 2. The van der Waals surface area contributed by atoms with Crippen LogP contribution in [0.25, 0.3) is 0 Å². The molecule has 96 valence electrons. The van der Waals surface area contributed by atoms with Crippen molar-refractivity contribution in [3.63, 3.8) is 0 Å². The summed E-state index contributed by atoms with van der Waals surface area (Å²) in [5, 5.41) is 38.3. The molecule has 2 aliphatic heterocycles. The van der Waals surface area contributed by atoms with Crippen molar-refractivity contribution in [3.05, 3.63) is 24.0 Å². The van der Waals surface area contributed by atoms with Gasteiger partial charge in [-0.1, -0.05) is 0 Å². The third-order valence-corrected chi connectivity index (χ3v) is 2.81. The molecule has 0 saturated carbocycles. The highest BCUT2D eigenvalue weighted by atomic mass is 16.5. The van der Waals surface area contributed by atoms with Crippen LogP contribution in [-0.4, -0.2) is 64.1 Å². The number of ether oxygens (including phenoxy) is 2. The molecular weight excluding hydrogens is 228 g/mol. The Morgan fingerprint density at radius 1 is 1.29 bits per heavy atom. The van der Waals surface area contributed by atoms with Gasteiger partial charge in [0.25, 0.3) is 0 Å². The van der Waals surface area contributed by atoms with E-state index in [1.54, 1.807) is 0 Å². The van der Waals surface area contributed by atoms with Gasteiger partial charge in [0.15, 0.2) is 0 Å². The SMILES string of the molecule is [2H][C@@]1(C2=CCOC=C2)O[C@H](CO)[C@@H](O)[C@H](O)[C@H]1O. The summed E-state index contributed by atoms with van der Waals surface area (Å²) in [5.41, 5.74) is 0.311. The molecule has 0 amide bonds. The van der Waals surface area contributed by atoms with Crippen LogP contribution >= 0.6 is 0 Å². The second-order valence-corrected chi connectivity index (χ2v) is 3.92. The van der Waals surface area contributed by atoms with E-state index < -0.39 is 37.1 Å². The van der Waals surface area contributed by atoms with E-state index in [0.29, 0.717) is 5.57 Å². The number of hydrogen-bond acceptors (Lipinski definition) is 6. The zero-order valence-electron chi connectivity index (χ0n) is 10.1. The quantitative estimate of drug-likeness (QED) is 0.463. The van der Waals surface area contributed by atoms with Gasteiger partial charge in [-0.3, -0.25) is 0 Å². The Kier molecular flexibility index (Phi) is 3.39. The molecule has 2 rings (SSSR count). The first-order valence-electron chi connectivity index (χ1n) is 5.82. The van der Waals surface area contributed by atoms with Gasteiger partial charge in [0.2, 0.25) is 0 Å². The van der Waals surface area contributed by atoms with Crippen LogP contribution in [0, 0.1) is 0 Å². The molecule has 0 aliphatic carbocycles. The maximum atomic E-state index is 9.91. The summed E-state index contributed by atoms with van der Waals surface area (Å²) in [4.78, 5) is 0. The molecule has 5 atom stereocenters. The van der Waals surface area contributed by atoms with Gasteiger partial charge in [0.05, 0.1) is 14.2 Å². The predicted octanol–water partition coefficient (Wildman–Crippen LogP) is -1.70. The molecule has 6 nitrogen and oxygen atoms in total. The second kappa shape index (κ2) is 5.16. The summed E-state index contributed by atoms with van der Waals surface area (Å²) >= 11 is 0. The highest BCUT2D eigenvalue weighted by Crippen LogP contribution is 2.27. The van der Waals surface area contributed by atoms with Crippen molar-refractivity contribution in [1.29, 1.82) is 0 Å². The zero-order valence-corrected chi connectivity index (χ0v) is 9.06. The third kappa shape index (κ3) is 2.36.